The second kappa shape index (κ2) is 7.61. The predicted octanol–water partition coefficient (Wildman–Crippen LogP) is 5.85. The topological polar surface area (TPSA) is 25.2 Å². The number of halogens is 2. The first-order valence-electron chi connectivity index (χ1n) is 7.27. The summed E-state index contributed by atoms with van der Waals surface area (Å²) >= 11 is 6.82. The van der Waals surface area contributed by atoms with Crippen molar-refractivity contribution < 1.29 is 4.42 Å². The molecule has 2 aromatic rings. The number of rotatable bonds is 6. The molecule has 0 aliphatic rings. The number of benzene rings is 1. The summed E-state index contributed by atoms with van der Waals surface area (Å²) in [5, 5.41) is 3.59. The first-order chi connectivity index (χ1) is 10.0. The molecule has 2 rings (SSSR count). The van der Waals surface area contributed by atoms with Crippen LogP contribution < -0.4 is 5.32 Å². The molecule has 21 heavy (non-hydrogen) atoms. The molecule has 1 heterocycles. The van der Waals surface area contributed by atoms with Gasteiger partial charge in [0.25, 0.3) is 0 Å². The minimum Gasteiger partial charge on any atom is -0.452 e. The molecule has 2 nitrogen and oxygen atoms in total. The van der Waals surface area contributed by atoms with E-state index in [1.807, 2.05) is 6.07 Å². The Bertz CT molecular complexity index is 555. The lowest BCUT2D eigenvalue weighted by Crippen LogP contribution is -2.25. The summed E-state index contributed by atoms with van der Waals surface area (Å²) in [4.78, 5) is 0. The van der Waals surface area contributed by atoms with Crippen LogP contribution in [0.5, 0.6) is 0 Å². The number of hydrogen-bond acceptors (Lipinski definition) is 2. The van der Waals surface area contributed by atoms with E-state index in [1.165, 1.54) is 11.1 Å². The van der Waals surface area contributed by atoms with Gasteiger partial charge < -0.3 is 9.73 Å². The van der Waals surface area contributed by atoms with Crippen molar-refractivity contribution in [2.45, 2.75) is 39.8 Å². The summed E-state index contributed by atoms with van der Waals surface area (Å²) in [6.07, 6.45) is 1.08. The lowest BCUT2D eigenvalue weighted by molar-refractivity contribution is 0.380. The van der Waals surface area contributed by atoms with Crippen LogP contribution >= 0.6 is 31.9 Å². The zero-order chi connectivity index (χ0) is 15.4. The first kappa shape index (κ1) is 16.8. The second-order valence-corrected chi connectivity index (χ2v) is 7.11. The molecule has 1 N–H and O–H groups in total. The van der Waals surface area contributed by atoms with E-state index in [1.54, 1.807) is 0 Å². The van der Waals surface area contributed by atoms with Crippen molar-refractivity contribution in [3.63, 3.8) is 0 Å². The van der Waals surface area contributed by atoms with Gasteiger partial charge in [-0.15, -0.1) is 0 Å². The van der Waals surface area contributed by atoms with Gasteiger partial charge in [-0.05, 0) is 61.4 Å². The van der Waals surface area contributed by atoms with Gasteiger partial charge in [0.1, 0.15) is 5.76 Å². The van der Waals surface area contributed by atoms with Crippen molar-refractivity contribution in [2.24, 2.45) is 5.92 Å². The van der Waals surface area contributed by atoms with E-state index < -0.39 is 0 Å². The maximum Gasteiger partial charge on any atom is 0.183 e. The van der Waals surface area contributed by atoms with Crippen LogP contribution in [0.3, 0.4) is 0 Å². The molecular formula is C17H21Br2NO. The molecule has 4 heteroatoms. The zero-order valence-electron chi connectivity index (χ0n) is 12.6. The van der Waals surface area contributed by atoms with Gasteiger partial charge in [0, 0.05) is 6.04 Å². The van der Waals surface area contributed by atoms with Crippen LogP contribution in [0.1, 0.15) is 43.7 Å². The van der Waals surface area contributed by atoms with Crippen LogP contribution in [0.2, 0.25) is 0 Å². The third kappa shape index (κ3) is 4.44. The Labute approximate surface area is 143 Å². The largest absolute Gasteiger partial charge is 0.452 e. The monoisotopic (exact) mass is 413 g/mol. The first-order valence-corrected chi connectivity index (χ1v) is 8.85. The zero-order valence-corrected chi connectivity index (χ0v) is 15.8. The van der Waals surface area contributed by atoms with Crippen LogP contribution in [0.25, 0.3) is 0 Å². The fourth-order valence-electron chi connectivity index (χ4n) is 2.39. The quantitative estimate of drug-likeness (QED) is 0.640. The Balaban J connectivity index is 2.07. The molecule has 114 valence electrons. The maximum atomic E-state index is 5.62. The van der Waals surface area contributed by atoms with Crippen LogP contribution in [0.4, 0.5) is 0 Å². The molecule has 0 bridgehead atoms. The van der Waals surface area contributed by atoms with E-state index in [4.69, 9.17) is 4.42 Å². The van der Waals surface area contributed by atoms with Crippen LogP contribution in [0, 0.1) is 5.92 Å². The molecule has 1 aromatic carbocycles. The van der Waals surface area contributed by atoms with Crippen molar-refractivity contribution in [1.82, 2.24) is 5.32 Å². The third-order valence-corrected chi connectivity index (χ3v) is 5.32. The van der Waals surface area contributed by atoms with E-state index in [-0.39, 0.29) is 0 Å². The van der Waals surface area contributed by atoms with Crippen molar-refractivity contribution in [3.8, 4) is 0 Å². The van der Waals surface area contributed by atoms with E-state index in [0.29, 0.717) is 18.5 Å². The van der Waals surface area contributed by atoms with Gasteiger partial charge in [0.15, 0.2) is 4.67 Å². The molecule has 0 aliphatic heterocycles. The molecule has 0 saturated heterocycles. The Kier molecular flexibility index (Phi) is 6.08. The molecule has 0 saturated carbocycles. The Morgan fingerprint density at radius 3 is 2.29 bits per heavy atom. The van der Waals surface area contributed by atoms with Crippen LogP contribution in [0.15, 0.2) is 43.9 Å². The summed E-state index contributed by atoms with van der Waals surface area (Å²) in [5.41, 5.74) is 2.70. The van der Waals surface area contributed by atoms with Crippen molar-refractivity contribution in [3.05, 3.63) is 56.4 Å². The Morgan fingerprint density at radius 1 is 1.14 bits per heavy atom. The van der Waals surface area contributed by atoms with Crippen LogP contribution in [-0.4, -0.2) is 0 Å². The third-order valence-electron chi connectivity index (χ3n) is 3.61. The van der Waals surface area contributed by atoms with Crippen molar-refractivity contribution in [2.75, 3.05) is 0 Å². The van der Waals surface area contributed by atoms with E-state index in [0.717, 1.165) is 21.3 Å². The average Bonchev–Trinajstić information content (AvgIpc) is 2.78. The predicted molar refractivity (Wildman–Crippen MR) is 94.3 cm³/mol. The lowest BCUT2D eigenvalue weighted by atomic mass is 9.95. The summed E-state index contributed by atoms with van der Waals surface area (Å²) in [7, 11) is 0. The normalized spacial score (nSPS) is 12.9. The molecule has 1 aromatic heterocycles. The van der Waals surface area contributed by atoms with Gasteiger partial charge in [0.2, 0.25) is 0 Å². The summed E-state index contributed by atoms with van der Waals surface area (Å²) in [6.45, 7) is 7.36. The molecule has 1 unspecified atom stereocenters. The van der Waals surface area contributed by atoms with Crippen LogP contribution in [-0.2, 0) is 13.0 Å². The number of aryl methyl sites for hydroxylation is 1. The van der Waals surface area contributed by atoms with Gasteiger partial charge in [-0.2, -0.15) is 0 Å². The fourth-order valence-corrected chi connectivity index (χ4v) is 3.05. The molecule has 0 amide bonds. The standard InChI is InChI=1S/C17H21Br2NO/c1-4-12-5-7-13(8-6-12)16(11(2)3)20-10-14-9-15(18)17(19)21-14/h5-9,11,16,20H,4,10H2,1-3H3. The smallest absolute Gasteiger partial charge is 0.183 e. The Hall–Kier alpha value is -0.580. The number of furan rings is 1. The molecule has 0 spiro atoms. The van der Waals surface area contributed by atoms with Gasteiger partial charge in [0.05, 0.1) is 11.0 Å². The fraction of sp³-hybridized carbons (Fsp3) is 0.412. The summed E-state index contributed by atoms with van der Waals surface area (Å²) in [6, 6.07) is 11.2. The number of nitrogens with one attached hydrogen (secondary N) is 1. The molecular weight excluding hydrogens is 394 g/mol. The molecule has 0 aliphatic carbocycles. The van der Waals surface area contributed by atoms with Crippen molar-refractivity contribution in [1.29, 1.82) is 0 Å². The highest BCUT2D eigenvalue weighted by molar-refractivity contribution is 9.13. The second-order valence-electron chi connectivity index (χ2n) is 5.53. The highest BCUT2D eigenvalue weighted by Gasteiger charge is 2.16. The SMILES string of the molecule is CCc1ccc(C(NCc2cc(Br)c(Br)o2)C(C)C)cc1. The average molecular weight is 415 g/mol. The highest BCUT2D eigenvalue weighted by Crippen LogP contribution is 2.28. The molecule has 1 atom stereocenters. The lowest BCUT2D eigenvalue weighted by Gasteiger charge is -2.22. The van der Waals surface area contributed by atoms with Gasteiger partial charge >= 0.3 is 0 Å². The minimum atomic E-state index is 0.318. The van der Waals surface area contributed by atoms with E-state index >= 15 is 0 Å². The van der Waals surface area contributed by atoms with E-state index in [9.17, 15) is 0 Å². The number of hydrogen-bond donors (Lipinski definition) is 1. The molecule has 0 radical (unpaired) electrons. The van der Waals surface area contributed by atoms with Gasteiger partial charge in [-0.1, -0.05) is 45.0 Å². The van der Waals surface area contributed by atoms with Crippen molar-refractivity contribution >= 4 is 31.9 Å². The minimum absolute atomic E-state index is 0.318. The van der Waals surface area contributed by atoms with Gasteiger partial charge in [-0.25, -0.2) is 0 Å². The van der Waals surface area contributed by atoms with Gasteiger partial charge in [-0.3, -0.25) is 0 Å². The van der Waals surface area contributed by atoms with E-state index in [2.05, 4.69) is 82.2 Å². The Morgan fingerprint density at radius 2 is 1.81 bits per heavy atom. The summed E-state index contributed by atoms with van der Waals surface area (Å²) in [5.74, 6) is 1.43. The molecule has 0 fully saturated rings. The highest BCUT2D eigenvalue weighted by atomic mass is 79.9. The maximum absolute atomic E-state index is 5.62. The summed E-state index contributed by atoms with van der Waals surface area (Å²) < 4.78 is 7.32.